The van der Waals surface area contributed by atoms with Crippen molar-refractivity contribution in [2.75, 3.05) is 33.2 Å². The monoisotopic (exact) mass is 399 g/mol. The van der Waals surface area contributed by atoms with E-state index >= 15 is 0 Å². The van der Waals surface area contributed by atoms with E-state index in [1.54, 1.807) is 4.90 Å². The predicted octanol–water partition coefficient (Wildman–Crippen LogP) is 1.76. The van der Waals surface area contributed by atoms with Gasteiger partial charge in [-0.05, 0) is 24.3 Å². The molecule has 1 N–H and O–H groups in total. The number of nitrogens with one attached hydrogen (secondary N) is 1. The Hall–Kier alpha value is -1.96. The number of carbonyl (C=O) groups is 2. The molecule has 3 aliphatic rings. The molecular formula is C22H33N5O2. The summed E-state index contributed by atoms with van der Waals surface area (Å²) in [6, 6.07) is 10.0. The van der Waals surface area contributed by atoms with Crippen LogP contribution in [0.3, 0.4) is 0 Å². The maximum atomic E-state index is 13.3. The average Bonchev–Trinajstić information content (AvgIpc) is 3.11. The normalized spacial score (nSPS) is 30.6. The number of nitrogens with zero attached hydrogens (tertiary/aromatic N) is 4. The van der Waals surface area contributed by atoms with E-state index in [-0.39, 0.29) is 30.4 Å². The smallest absolute Gasteiger partial charge is 0.310 e. The summed E-state index contributed by atoms with van der Waals surface area (Å²) in [4.78, 5) is 34.0. The van der Waals surface area contributed by atoms with Crippen LogP contribution in [0.1, 0.15) is 32.3 Å². The molecule has 3 amide bonds. The molecule has 29 heavy (non-hydrogen) atoms. The first-order valence-electron chi connectivity index (χ1n) is 10.9. The summed E-state index contributed by atoms with van der Waals surface area (Å²) in [6.07, 6.45) is 2.51. The molecule has 0 aliphatic carbocycles. The van der Waals surface area contributed by atoms with Gasteiger partial charge in [-0.3, -0.25) is 24.8 Å². The van der Waals surface area contributed by atoms with Crippen molar-refractivity contribution in [1.29, 1.82) is 0 Å². The minimum Gasteiger partial charge on any atom is -0.310 e. The fourth-order valence-corrected chi connectivity index (χ4v) is 4.94. The molecule has 0 saturated carbocycles. The zero-order valence-electron chi connectivity index (χ0n) is 17.8. The molecule has 7 heteroatoms. The standard InChI is InChI=1S/C22H33N5O2/c1-4-5-12-26-20(28)18-19(24(3)22(26)29)23-21-25(14-16(2)15-27(18)21)13-11-17-9-7-6-8-10-17/h6-10,16,18-19,21,23H,4-5,11-15H2,1-3H3. The van der Waals surface area contributed by atoms with Gasteiger partial charge in [0.1, 0.15) is 18.5 Å². The maximum absolute atomic E-state index is 13.3. The number of rotatable bonds is 6. The van der Waals surface area contributed by atoms with Crippen molar-refractivity contribution in [1.82, 2.24) is 24.9 Å². The summed E-state index contributed by atoms with van der Waals surface area (Å²) in [5.74, 6) is 0.432. The molecule has 7 nitrogen and oxygen atoms in total. The number of hydrogen-bond donors (Lipinski definition) is 1. The Morgan fingerprint density at radius 2 is 1.86 bits per heavy atom. The van der Waals surface area contributed by atoms with Gasteiger partial charge < -0.3 is 4.90 Å². The Bertz CT molecular complexity index is 742. The lowest BCUT2D eigenvalue weighted by Gasteiger charge is -2.45. The Balaban J connectivity index is 1.53. The third-order valence-corrected chi connectivity index (χ3v) is 6.44. The lowest BCUT2D eigenvalue weighted by molar-refractivity contribution is -0.140. The van der Waals surface area contributed by atoms with Gasteiger partial charge in [0.2, 0.25) is 0 Å². The minimum absolute atomic E-state index is 0.00441. The maximum Gasteiger partial charge on any atom is 0.327 e. The van der Waals surface area contributed by atoms with Crippen LogP contribution in [0, 0.1) is 5.92 Å². The molecule has 1 aromatic rings. The van der Waals surface area contributed by atoms with Crippen LogP contribution < -0.4 is 5.32 Å². The Morgan fingerprint density at radius 1 is 1.10 bits per heavy atom. The van der Waals surface area contributed by atoms with Crippen LogP contribution in [0.2, 0.25) is 0 Å². The van der Waals surface area contributed by atoms with Gasteiger partial charge >= 0.3 is 6.03 Å². The zero-order chi connectivity index (χ0) is 20.5. The van der Waals surface area contributed by atoms with Crippen molar-refractivity contribution >= 4 is 11.9 Å². The molecule has 0 bridgehead atoms. The van der Waals surface area contributed by atoms with Crippen LogP contribution in [0.4, 0.5) is 4.79 Å². The van der Waals surface area contributed by atoms with Crippen molar-refractivity contribution in [3.8, 4) is 0 Å². The number of fused-ring (bicyclic) bond motifs is 3. The number of hydrogen-bond acceptors (Lipinski definition) is 5. The molecule has 4 atom stereocenters. The fraction of sp³-hybridized carbons (Fsp3) is 0.636. The number of amides is 3. The van der Waals surface area contributed by atoms with E-state index in [0.29, 0.717) is 12.5 Å². The first-order valence-corrected chi connectivity index (χ1v) is 10.9. The highest BCUT2D eigenvalue weighted by Gasteiger charge is 2.56. The molecule has 3 aliphatic heterocycles. The first-order chi connectivity index (χ1) is 14.0. The van der Waals surface area contributed by atoms with E-state index in [0.717, 1.165) is 38.9 Å². The first kappa shape index (κ1) is 20.3. The number of imide groups is 1. The molecule has 3 fully saturated rings. The number of likely N-dealkylation sites (N-methyl/N-ethyl adjacent to an activating group) is 1. The van der Waals surface area contributed by atoms with Crippen molar-refractivity contribution < 1.29 is 9.59 Å². The van der Waals surface area contributed by atoms with E-state index in [2.05, 4.69) is 53.2 Å². The third-order valence-electron chi connectivity index (χ3n) is 6.44. The Morgan fingerprint density at radius 3 is 2.59 bits per heavy atom. The second kappa shape index (κ2) is 8.42. The number of carbonyl (C=O) groups excluding carboxylic acids is 2. The molecule has 4 unspecified atom stereocenters. The van der Waals surface area contributed by atoms with E-state index < -0.39 is 0 Å². The van der Waals surface area contributed by atoms with E-state index in [4.69, 9.17) is 0 Å². The van der Waals surface area contributed by atoms with Crippen molar-refractivity contribution in [3.05, 3.63) is 35.9 Å². The fourth-order valence-electron chi connectivity index (χ4n) is 4.94. The molecule has 0 spiro atoms. The summed E-state index contributed by atoms with van der Waals surface area (Å²) in [6.45, 7) is 7.62. The second-order valence-corrected chi connectivity index (χ2v) is 8.70. The highest BCUT2D eigenvalue weighted by atomic mass is 16.2. The molecule has 0 aromatic heterocycles. The van der Waals surface area contributed by atoms with Crippen molar-refractivity contribution in [2.24, 2.45) is 5.92 Å². The molecule has 3 heterocycles. The summed E-state index contributed by atoms with van der Waals surface area (Å²) in [7, 11) is 1.81. The molecule has 0 radical (unpaired) electrons. The van der Waals surface area contributed by atoms with Gasteiger partial charge in [0.25, 0.3) is 5.91 Å². The molecular weight excluding hydrogens is 366 g/mol. The summed E-state index contributed by atoms with van der Waals surface area (Å²) < 4.78 is 0. The topological polar surface area (TPSA) is 59.1 Å². The van der Waals surface area contributed by atoms with Gasteiger partial charge in [0.05, 0.1) is 0 Å². The SMILES string of the molecule is CCCCN1C(=O)C2C(NC3N(CCc4ccccc4)CC(C)CN23)N(C)C1=O. The average molecular weight is 400 g/mol. The number of urea groups is 1. The van der Waals surface area contributed by atoms with Crippen LogP contribution in [0.5, 0.6) is 0 Å². The number of benzene rings is 1. The van der Waals surface area contributed by atoms with Gasteiger partial charge in [0, 0.05) is 33.2 Å². The molecule has 1 aromatic carbocycles. The van der Waals surface area contributed by atoms with Crippen LogP contribution in [0.15, 0.2) is 30.3 Å². The van der Waals surface area contributed by atoms with Gasteiger partial charge in [-0.1, -0.05) is 50.6 Å². The summed E-state index contributed by atoms with van der Waals surface area (Å²) in [5.41, 5.74) is 1.32. The van der Waals surface area contributed by atoms with E-state index in [1.165, 1.54) is 10.5 Å². The Kier molecular flexibility index (Phi) is 5.90. The van der Waals surface area contributed by atoms with Crippen LogP contribution in [-0.2, 0) is 11.2 Å². The lowest BCUT2D eigenvalue weighted by Crippen LogP contribution is -2.66. The van der Waals surface area contributed by atoms with Crippen LogP contribution in [-0.4, -0.2) is 83.3 Å². The van der Waals surface area contributed by atoms with Crippen LogP contribution in [0.25, 0.3) is 0 Å². The second-order valence-electron chi connectivity index (χ2n) is 8.70. The van der Waals surface area contributed by atoms with Gasteiger partial charge in [-0.25, -0.2) is 4.79 Å². The minimum atomic E-state index is -0.304. The van der Waals surface area contributed by atoms with Gasteiger partial charge in [-0.15, -0.1) is 0 Å². The molecule has 158 valence electrons. The van der Waals surface area contributed by atoms with E-state index in [9.17, 15) is 9.59 Å². The van der Waals surface area contributed by atoms with Crippen LogP contribution >= 0.6 is 0 Å². The largest absolute Gasteiger partial charge is 0.327 e. The van der Waals surface area contributed by atoms with Crippen molar-refractivity contribution in [3.63, 3.8) is 0 Å². The van der Waals surface area contributed by atoms with E-state index in [1.807, 2.05) is 13.1 Å². The van der Waals surface area contributed by atoms with Crippen molar-refractivity contribution in [2.45, 2.75) is 51.6 Å². The zero-order valence-corrected chi connectivity index (χ0v) is 17.8. The number of unbranched alkanes of at least 4 members (excludes halogenated alkanes) is 1. The predicted molar refractivity (Wildman–Crippen MR) is 112 cm³/mol. The quantitative estimate of drug-likeness (QED) is 0.790. The van der Waals surface area contributed by atoms with Gasteiger partial charge in [-0.2, -0.15) is 0 Å². The van der Waals surface area contributed by atoms with Gasteiger partial charge in [0.15, 0.2) is 0 Å². The molecule has 4 rings (SSSR count). The third kappa shape index (κ3) is 3.79. The summed E-state index contributed by atoms with van der Waals surface area (Å²) >= 11 is 0. The Labute approximate surface area is 173 Å². The summed E-state index contributed by atoms with van der Waals surface area (Å²) in [5, 5.41) is 3.60. The molecule has 3 saturated heterocycles. The lowest BCUT2D eigenvalue weighted by atomic mass is 10.0. The highest BCUT2D eigenvalue weighted by molar-refractivity contribution is 6.00. The highest BCUT2D eigenvalue weighted by Crippen LogP contribution is 2.32.